The van der Waals surface area contributed by atoms with Crippen LogP contribution in [-0.4, -0.2) is 17.6 Å². The lowest BCUT2D eigenvalue weighted by molar-refractivity contribution is 0.102. The maximum atomic E-state index is 12.8. The Kier molecular flexibility index (Phi) is 4.70. The summed E-state index contributed by atoms with van der Waals surface area (Å²) < 4.78 is 12.8. The molecular weight excluding hydrogens is 269 g/mol. The van der Waals surface area contributed by atoms with Gasteiger partial charge in [0.15, 0.2) is 0 Å². The number of hydrogen-bond donors (Lipinski definition) is 2. The molecule has 0 heterocycles. The highest BCUT2D eigenvalue weighted by Gasteiger charge is 2.07. The van der Waals surface area contributed by atoms with Gasteiger partial charge in [0.25, 0.3) is 5.91 Å². The van der Waals surface area contributed by atoms with E-state index < -0.39 is 0 Å². The number of aliphatic hydroxyl groups is 1. The van der Waals surface area contributed by atoms with Crippen molar-refractivity contribution in [3.8, 4) is 11.8 Å². The first kappa shape index (κ1) is 14.8. The summed E-state index contributed by atoms with van der Waals surface area (Å²) in [4.78, 5) is 12.1. The van der Waals surface area contributed by atoms with Crippen LogP contribution < -0.4 is 5.32 Å². The van der Waals surface area contributed by atoms with Crippen molar-refractivity contribution in [1.82, 2.24) is 0 Å². The van der Waals surface area contributed by atoms with Gasteiger partial charge in [-0.15, -0.1) is 0 Å². The molecule has 0 atom stereocenters. The molecule has 0 aliphatic rings. The maximum absolute atomic E-state index is 12.8. The van der Waals surface area contributed by atoms with Gasteiger partial charge in [0.1, 0.15) is 12.4 Å². The van der Waals surface area contributed by atoms with E-state index in [2.05, 4.69) is 17.2 Å². The highest BCUT2D eigenvalue weighted by Crippen LogP contribution is 2.15. The predicted molar refractivity (Wildman–Crippen MR) is 79.5 cm³/mol. The number of nitrogens with one attached hydrogen (secondary N) is 1. The molecule has 2 aromatic carbocycles. The van der Waals surface area contributed by atoms with Crippen LogP contribution in [0.3, 0.4) is 0 Å². The molecule has 0 bridgehead atoms. The molecule has 0 saturated heterocycles. The normalized spacial score (nSPS) is 9.67. The van der Waals surface area contributed by atoms with Gasteiger partial charge in [-0.2, -0.15) is 0 Å². The Morgan fingerprint density at radius 1 is 1.24 bits per heavy atom. The number of benzene rings is 2. The van der Waals surface area contributed by atoms with E-state index in [0.29, 0.717) is 16.8 Å². The molecule has 2 N–H and O–H groups in total. The first-order valence-corrected chi connectivity index (χ1v) is 6.37. The molecule has 2 rings (SSSR count). The van der Waals surface area contributed by atoms with Crippen molar-refractivity contribution < 1.29 is 14.3 Å². The molecule has 4 heteroatoms. The van der Waals surface area contributed by atoms with Crippen molar-refractivity contribution >= 4 is 11.6 Å². The number of anilines is 1. The van der Waals surface area contributed by atoms with E-state index >= 15 is 0 Å². The molecule has 1 amide bonds. The third-order valence-corrected chi connectivity index (χ3v) is 2.75. The Morgan fingerprint density at radius 2 is 1.95 bits per heavy atom. The molecule has 0 fully saturated rings. The topological polar surface area (TPSA) is 49.3 Å². The Morgan fingerprint density at radius 3 is 2.62 bits per heavy atom. The third-order valence-electron chi connectivity index (χ3n) is 2.75. The van der Waals surface area contributed by atoms with Crippen molar-refractivity contribution in [2.75, 3.05) is 11.9 Å². The first-order valence-electron chi connectivity index (χ1n) is 6.37. The quantitative estimate of drug-likeness (QED) is 0.833. The van der Waals surface area contributed by atoms with Gasteiger partial charge in [0.05, 0.1) is 0 Å². The van der Waals surface area contributed by atoms with Crippen molar-refractivity contribution in [2.24, 2.45) is 0 Å². The van der Waals surface area contributed by atoms with Crippen LogP contribution in [0.4, 0.5) is 10.1 Å². The number of carbonyl (C=O) groups is 1. The molecule has 0 aliphatic carbocycles. The summed E-state index contributed by atoms with van der Waals surface area (Å²) in [6.07, 6.45) is 0. The average Bonchev–Trinajstić information content (AvgIpc) is 2.45. The number of hydrogen-bond acceptors (Lipinski definition) is 2. The summed E-state index contributed by atoms with van der Waals surface area (Å²) in [6.45, 7) is 1.67. The summed E-state index contributed by atoms with van der Waals surface area (Å²) in [6, 6.07) is 10.7. The van der Waals surface area contributed by atoms with Crippen LogP contribution in [0.2, 0.25) is 0 Å². The molecule has 0 saturated carbocycles. The zero-order valence-corrected chi connectivity index (χ0v) is 11.5. The van der Waals surface area contributed by atoms with Crippen LogP contribution in [0.15, 0.2) is 42.5 Å². The van der Waals surface area contributed by atoms with E-state index in [1.807, 2.05) is 19.1 Å². The van der Waals surface area contributed by atoms with Crippen molar-refractivity contribution in [2.45, 2.75) is 6.92 Å². The second-order valence-corrected chi connectivity index (χ2v) is 4.51. The summed E-state index contributed by atoms with van der Waals surface area (Å²) in [5.41, 5.74) is 2.63. The number of rotatable bonds is 2. The number of aliphatic hydroxyl groups excluding tert-OH is 1. The van der Waals surface area contributed by atoms with Crippen LogP contribution >= 0.6 is 0 Å². The Bertz CT molecular complexity index is 712. The zero-order valence-electron chi connectivity index (χ0n) is 11.5. The standard InChI is InChI=1S/C17H14FNO2/c1-12-9-13(3-2-8-20)11-16(10-12)19-17(21)14-4-6-15(18)7-5-14/h4-7,9-11,20H,8H2,1H3,(H,19,21). The fraction of sp³-hybridized carbons (Fsp3) is 0.118. The zero-order chi connectivity index (χ0) is 15.2. The van der Waals surface area contributed by atoms with E-state index in [9.17, 15) is 9.18 Å². The molecule has 3 nitrogen and oxygen atoms in total. The Hall–Kier alpha value is -2.64. The van der Waals surface area contributed by atoms with Gasteiger partial charge in [-0.1, -0.05) is 11.8 Å². The molecule has 0 radical (unpaired) electrons. The smallest absolute Gasteiger partial charge is 0.255 e. The van der Waals surface area contributed by atoms with E-state index in [1.54, 1.807) is 6.07 Å². The number of amides is 1. The fourth-order valence-corrected chi connectivity index (χ4v) is 1.87. The van der Waals surface area contributed by atoms with Gasteiger partial charge in [-0.3, -0.25) is 4.79 Å². The van der Waals surface area contributed by atoms with Crippen molar-refractivity contribution in [1.29, 1.82) is 0 Å². The lowest BCUT2D eigenvalue weighted by Gasteiger charge is -2.07. The van der Waals surface area contributed by atoms with Gasteiger partial charge >= 0.3 is 0 Å². The van der Waals surface area contributed by atoms with Gasteiger partial charge in [0.2, 0.25) is 0 Å². The molecule has 106 valence electrons. The lowest BCUT2D eigenvalue weighted by atomic mass is 10.1. The van der Waals surface area contributed by atoms with Crippen molar-refractivity contribution in [3.05, 3.63) is 65.0 Å². The highest BCUT2D eigenvalue weighted by atomic mass is 19.1. The summed E-state index contributed by atoms with van der Waals surface area (Å²) in [5, 5.41) is 11.5. The van der Waals surface area contributed by atoms with E-state index in [1.165, 1.54) is 24.3 Å². The molecule has 0 unspecified atom stereocenters. The third kappa shape index (κ3) is 4.16. The maximum Gasteiger partial charge on any atom is 0.255 e. The first-order chi connectivity index (χ1) is 10.1. The minimum atomic E-state index is -0.385. The summed E-state index contributed by atoms with van der Waals surface area (Å²) in [7, 11) is 0. The molecule has 0 aliphatic heterocycles. The largest absolute Gasteiger partial charge is 0.384 e. The second kappa shape index (κ2) is 6.69. The molecule has 0 aromatic heterocycles. The Labute approximate surface area is 122 Å². The van der Waals surface area contributed by atoms with E-state index in [0.717, 1.165) is 5.56 Å². The van der Waals surface area contributed by atoms with Crippen LogP contribution in [0.5, 0.6) is 0 Å². The minimum Gasteiger partial charge on any atom is -0.384 e. The fourth-order valence-electron chi connectivity index (χ4n) is 1.87. The van der Waals surface area contributed by atoms with E-state index in [4.69, 9.17) is 5.11 Å². The SMILES string of the molecule is Cc1cc(C#CCO)cc(NC(=O)c2ccc(F)cc2)c1. The van der Waals surface area contributed by atoms with Gasteiger partial charge in [0, 0.05) is 16.8 Å². The molecule has 21 heavy (non-hydrogen) atoms. The predicted octanol–water partition coefficient (Wildman–Crippen LogP) is 2.73. The van der Waals surface area contributed by atoms with Crippen molar-refractivity contribution in [3.63, 3.8) is 0 Å². The van der Waals surface area contributed by atoms with Crippen LogP contribution in [0.25, 0.3) is 0 Å². The van der Waals surface area contributed by atoms with Crippen LogP contribution in [0.1, 0.15) is 21.5 Å². The van der Waals surface area contributed by atoms with Crippen LogP contribution in [0, 0.1) is 24.6 Å². The summed E-state index contributed by atoms with van der Waals surface area (Å²) >= 11 is 0. The number of aryl methyl sites for hydroxylation is 1. The molecule has 0 spiro atoms. The highest BCUT2D eigenvalue weighted by molar-refractivity contribution is 6.04. The molecular formula is C17H14FNO2. The van der Waals surface area contributed by atoms with Gasteiger partial charge in [-0.25, -0.2) is 4.39 Å². The lowest BCUT2D eigenvalue weighted by Crippen LogP contribution is -2.12. The van der Waals surface area contributed by atoms with Gasteiger partial charge < -0.3 is 10.4 Å². The Balaban J connectivity index is 2.20. The van der Waals surface area contributed by atoms with Gasteiger partial charge in [-0.05, 0) is 55.0 Å². The molecule has 2 aromatic rings. The van der Waals surface area contributed by atoms with Crippen LogP contribution in [-0.2, 0) is 0 Å². The number of carbonyl (C=O) groups excluding carboxylic acids is 1. The number of halogens is 1. The average molecular weight is 283 g/mol. The monoisotopic (exact) mass is 283 g/mol. The minimum absolute atomic E-state index is 0.217. The summed E-state index contributed by atoms with van der Waals surface area (Å²) in [5.74, 6) is 4.65. The second-order valence-electron chi connectivity index (χ2n) is 4.51. The van der Waals surface area contributed by atoms with E-state index in [-0.39, 0.29) is 18.3 Å².